The van der Waals surface area contributed by atoms with Gasteiger partial charge in [-0.1, -0.05) is 0 Å². The molecular formula is C22H27F5N4S. The quantitative estimate of drug-likeness (QED) is 0.546. The Morgan fingerprint density at radius 1 is 1.03 bits per heavy atom. The average Bonchev–Trinajstić information content (AvgIpc) is 3.09. The molecule has 1 spiro atoms. The number of aromatic nitrogens is 2. The molecule has 10 heteroatoms. The van der Waals surface area contributed by atoms with Gasteiger partial charge in [0.25, 0.3) is 0 Å². The highest BCUT2D eigenvalue weighted by Crippen LogP contribution is 2.44. The molecule has 0 amide bonds. The van der Waals surface area contributed by atoms with Gasteiger partial charge in [-0.3, -0.25) is 0 Å². The summed E-state index contributed by atoms with van der Waals surface area (Å²) in [6.45, 7) is 4.59. The van der Waals surface area contributed by atoms with E-state index < -0.39 is 18.5 Å². The Bertz CT molecular complexity index is 949. The van der Waals surface area contributed by atoms with E-state index in [0.717, 1.165) is 62.7 Å². The predicted molar refractivity (Wildman–Crippen MR) is 114 cm³/mol. The van der Waals surface area contributed by atoms with E-state index in [9.17, 15) is 22.0 Å². The van der Waals surface area contributed by atoms with Crippen LogP contribution in [0.4, 0.5) is 27.8 Å². The first-order valence-electron chi connectivity index (χ1n) is 11.3. The minimum atomic E-state index is -4.24. The standard InChI is InChI=1S/C22H27F5N4S/c23-21(24)3-1-15(2-4-21)11-30-12-20(13-30)5-7-31(8-6-20)18-17-9-16(10-22(25,26)27)32-19(17)29-14-28-18/h9,14-15H,1-8,10-13H2. The molecule has 0 unspecified atom stereocenters. The molecule has 32 heavy (non-hydrogen) atoms. The van der Waals surface area contributed by atoms with Gasteiger partial charge in [-0.15, -0.1) is 11.3 Å². The normalized spacial score (nSPS) is 24.2. The summed E-state index contributed by atoms with van der Waals surface area (Å²) in [7, 11) is 0. The average molecular weight is 475 g/mol. The summed E-state index contributed by atoms with van der Waals surface area (Å²) < 4.78 is 65.1. The largest absolute Gasteiger partial charge is 0.393 e. The lowest BCUT2D eigenvalue weighted by Gasteiger charge is -2.55. The predicted octanol–water partition coefficient (Wildman–Crippen LogP) is 5.52. The number of hydrogen-bond acceptors (Lipinski definition) is 5. The van der Waals surface area contributed by atoms with Crippen LogP contribution in [0, 0.1) is 11.3 Å². The maximum Gasteiger partial charge on any atom is 0.393 e. The van der Waals surface area contributed by atoms with Crippen molar-refractivity contribution in [3.8, 4) is 0 Å². The van der Waals surface area contributed by atoms with Gasteiger partial charge < -0.3 is 9.80 Å². The van der Waals surface area contributed by atoms with E-state index in [1.807, 2.05) is 0 Å². The van der Waals surface area contributed by atoms with Crippen LogP contribution in [0.5, 0.6) is 0 Å². The number of thiophene rings is 1. The smallest absolute Gasteiger partial charge is 0.356 e. The second kappa shape index (κ2) is 8.04. The Morgan fingerprint density at radius 2 is 1.72 bits per heavy atom. The van der Waals surface area contributed by atoms with E-state index in [1.165, 1.54) is 6.33 Å². The van der Waals surface area contributed by atoms with Crippen LogP contribution in [-0.2, 0) is 6.42 Å². The van der Waals surface area contributed by atoms with Crippen molar-refractivity contribution in [1.82, 2.24) is 14.9 Å². The lowest BCUT2D eigenvalue weighted by molar-refractivity contribution is -0.126. The zero-order chi connectivity index (χ0) is 22.6. The SMILES string of the molecule is FC(F)(F)Cc1cc2c(N3CCC4(CC3)CN(CC3CCC(F)(F)CC3)C4)ncnc2s1. The first kappa shape index (κ1) is 22.3. The summed E-state index contributed by atoms with van der Waals surface area (Å²) in [5.74, 6) is -1.36. The van der Waals surface area contributed by atoms with Gasteiger partial charge in [-0.2, -0.15) is 13.2 Å². The van der Waals surface area contributed by atoms with E-state index in [4.69, 9.17) is 0 Å². The highest BCUT2D eigenvalue weighted by atomic mass is 32.1. The summed E-state index contributed by atoms with van der Waals surface area (Å²) in [5, 5.41) is 0.706. The number of hydrogen-bond donors (Lipinski definition) is 0. The highest BCUT2D eigenvalue weighted by molar-refractivity contribution is 7.18. The molecule has 1 saturated carbocycles. The van der Waals surface area contributed by atoms with Crippen molar-refractivity contribution in [2.24, 2.45) is 11.3 Å². The van der Waals surface area contributed by atoms with Crippen LogP contribution < -0.4 is 4.90 Å². The Morgan fingerprint density at radius 3 is 2.38 bits per heavy atom. The van der Waals surface area contributed by atoms with Gasteiger partial charge in [0.2, 0.25) is 5.92 Å². The molecule has 176 valence electrons. The minimum Gasteiger partial charge on any atom is -0.356 e. The number of fused-ring (bicyclic) bond motifs is 1. The third-order valence-corrected chi connectivity index (χ3v) is 8.37. The van der Waals surface area contributed by atoms with Gasteiger partial charge >= 0.3 is 6.18 Å². The fraction of sp³-hybridized carbons (Fsp3) is 0.727. The minimum absolute atomic E-state index is 0.0201. The van der Waals surface area contributed by atoms with E-state index >= 15 is 0 Å². The van der Waals surface area contributed by atoms with Crippen LogP contribution >= 0.6 is 11.3 Å². The summed E-state index contributed by atoms with van der Waals surface area (Å²) in [6.07, 6.45) is -0.441. The summed E-state index contributed by atoms with van der Waals surface area (Å²) in [6, 6.07) is 1.59. The third kappa shape index (κ3) is 4.71. The molecule has 0 N–H and O–H groups in total. The Hall–Kier alpha value is -1.55. The number of nitrogens with zero attached hydrogens (tertiary/aromatic N) is 4. The second-order valence-electron chi connectivity index (χ2n) is 9.88. The maximum atomic E-state index is 13.4. The number of piperidine rings is 1. The van der Waals surface area contributed by atoms with Crippen molar-refractivity contribution >= 4 is 27.4 Å². The van der Waals surface area contributed by atoms with Gasteiger partial charge in [-0.25, -0.2) is 18.7 Å². The molecule has 2 aromatic rings. The lowest BCUT2D eigenvalue weighted by Crippen LogP contribution is -2.61. The Labute approximate surface area is 187 Å². The Kier molecular flexibility index (Phi) is 5.59. The van der Waals surface area contributed by atoms with E-state index in [0.29, 0.717) is 29.0 Å². The fourth-order valence-electron chi connectivity index (χ4n) is 5.62. The molecule has 2 aromatic heterocycles. The third-order valence-electron chi connectivity index (χ3n) is 7.33. The van der Waals surface area contributed by atoms with Gasteiger partial charge in [0.05, 0.1) is 11.8 Å². The summed E-state index contributed by atoms with van der Waals surface area (Å²) in [5.41, 5.74) is 0.275. The Balaban J connectivity index is 1.17. The molecule has 2 saturated heterocycles. The van der Waals surface area contributed by atoms with Crippen molar-refractivity contribution in [3.63, 3.8) is 0 Å². The molecule has 0 bridgehead atoms. The number of likely N-dealkylation sites (tertiary alicyclic amines) is 1. The topological polar surface area (TPSA) is 32.3 Å². The molecule has 0 radical (unpaired) electrons. The first-order valence-corrected chi connectivity index (χ1v) is 12.1. The van der Waals surface area contributed by atoms with Crippen LogP contribution in [0.1, 0.15) is 43.4 Å². The van der Waals surface area contributed by atoms with Crippen LogP contribution in [0.15, 0.2) is 12.4 Å². The van der Waals surface area contributed by atoms with E-state index in [2.05, 4.69) is 19.8 Å². The molecular weight excluding hydrogens is 447 g/mol. The maximum absolute atomic E-state index is 13.4. The number of rotatable bonds is 4. The molecule has 4 heterocycles. The van der Waals surface area contributed by atoms with Gasteiger partial charge in [0.15, 0.2) is 0 Å². The monoisotopic (exact) mass is 474 g/mol. The van der Waals surface area contributed by atoms with Crippen LogP contribution in [0.2, 0.25) is 0 Å². The first-order chi connectivity index (χ1) is 15.1. The fourth-order valence-corrected chi connectivity index (χ4v) is 6.64. The molecule has 4 nitrogen and oxygen atoms in total. The molecule has 5 rings (SSSR count). The zero-order valence-electron chi connectivity index (χ0n) is 17.8. The number of alkyl halides is 5. The summed E-state index contributed by atoms with van der Waals surface area (Å²) >= 11 is 1.08. The van der Waals surface area contributed by atoms with Gasteiger partial charge in [-0.05, 0) is 43.1 Å². The molecule has 3 aliphatic rings. The molecule has 3 fully saturated rings. The van der Waals surface area contributed by atoms with Gasteiger partial charge in [0.1, 0.15) is 17.0 Å². The van der Waals surface area contributed by atoms with Crippen LogP contribution in [-0.4, -0.2) is 59.7 Å². The molecule has 2 aliphatic heterocycles. The molecule has 1 aliphatic carbocycles. The van der Waals surface area contributed by atoms with Crippen molar-refractivity contribution in [1.29, 1.82) is 0 Å². The van der Waals surface area contributed by atoms with Crippen molar-refractivity contribution in [2.45, 2.75) is 57.0 Å². The summed E-state index contributed by atoms with van der Waals surface area (Å²) in [4.78, 5) is 14.0. The van der Waals surface area contributed by atoms with Crippen molar-refractivity contribution in [2.75, 3.05) is 37.6 Å². The highest BCUT2D eigenvalue weighted by Gasteiger charge is 2.46. The van der Waals surface area contributed by atoms with Gasteiger partial charge in [0, 0.05) is 50.4 Å². The number of halogens is 5. The van der Waals surface area contributed by atoms with Crippen LogP contribution in [0.25, 0.3) is 10.2 Å². The van der Waals surface area contributed by atoms with Crippen LogP contribution in [0.3, 0.4) is 0 Å². The zero-order valence-corrected chi connectivity index (χ0v) is 18.6. The van der Waals surface area contributed by atoms with E-state index in [-0.39, 0.29) is 23.1 Å². The number of anilines is 1. The van der Waals surface area contributed by atoms with Crippen molar-refractivity contribution < 1.29 is 22.0 Å². The second-order valence-corrected chi connectivity index (χ2v) is 11.0. The molecule has 0 aromatic carbocycles. The van der Waals surface area contributed by atoms with E-state index in [1.54, 1.807) is 6.07 Å². The molecule has 0 atom stereocenters. The lowest BCUT2D eigenvalue weighted by atomic mass is 9.71. The van der Waals surface area contributed by atoms with Crippen molar-refractivity contribution in [3.05, 3.63) is 17.3 Å².